The molecule has 0 aromatic carbocycles. The van der Waals surface area contributed by atoms with Crippen molar-refractivity contribution in [1.82, 2.24) is 4.72 Å². The summed E-state index contributed by atoms with van der Waals surface area (Å²) in [5, 5.41) is 8.76. The first-order valence-corrected chi connectivity index (χ1v) is 6.30. The standard InChI is InChI=1S/C9H19NO3S/c1-4-7-14(12,13)10-9(5-6-11)8(2)3/h4,8-11H,1,5-7H2,2-3H3. The van der Waals surface area contributed by atoms with Crippen LogP contribution in [-0.4, -0.2) is 31.9 Å². The van der Waals surface area contributed by atoms with Crippen LogP contribution in [0.4, 0.5) is 0 Å². The molecule has 14 heavy (non-hydrogen) atoms. The highest BCUT2D eigenvalue weighted by atomic mass is 32.2. The lowest BCUT2D eigenvalue weighted by Crippen LogP contribution is -2.40. The maximum absolute atomic E-state index is 11.4. The predicted molar refractivity (Wildman–Crippen MR) is 57.4 cm³/mol. The number of hydrogen-bond acceptors (Lipinski definition) is 3. The maximum atomic E-state index is 11.4. The molecule has 0 saturated heterocycles. The van der Waals surface area contributed by atoms with Gasteiger partial charge >= 0.3 is 0 Å². The van der Waals surface area contributed by atoms with Gasteiger partial charge in [0.15, 0.2) is 0 Å². The van der Waals surface area contributed by atoms with Gasteiger partial charge in [-0.15, -0.1) is 6.58 Å². The van der Waals surface area contributed by atoms with E-state index >= 15 is 0 Å². The van der Waals surface area contributed by atoms with Crippen molar-refractivity contribution >= 4 is 10.0 Å². The highest BCUT2D eigenvalue weighted by Crippen LogP contribution is 2.07. The molecule has 0 aromatic heterocycles. The molecule has 0 rings (SSSR count). The van der Waals surface area contributed by atoms with Gasteiger partial charge in [0.25, 0.3) is 0 Å². The zero-order valence-electron chi connectivity index (χ0n) is 8.73. The predicted octanol–water partition coefficient (Wildman–Crippen LogP) is 0.499. The van der Waals surface area contributed by atoms with Gasteiger partial charge in [0.2, 0.25) is 10.0 Å². The average molecular weight is 221 g/mol. The molecule has 0 amide bonds. The van der Waals surface area contributed by atoms with E-state index in [4.69, 9.17) is 5.11 Å². The van der Waals surface area contributed by atoms with Crippen molar-refractivity contribution in [3.8, 4) is 0 Å². The van der Waals surface area contributed by atoms with E-state index in [0.29, 0.717) is 6.42 Å². The summed E-state index contributed by atoms with van der Waals surface area (Å²) in [4.78, 5) is 0. The van der Waals surface area contributed by atoms with E-state index in [-0.39, 0.29) is 24.3 Å². The second-order valence-corrected chi connectivity index (χ2v) is 5.35. The van der Waals surface area contributed by atoms with Crippen molar-refractivity contribution in [2.24, 2.45) is 5.92 Å². The van der Waals surface area contributed by atoms with Gasteiger partial charge in [0.1, 0.15) is 0 Å². The van der Waals surface area contributed by atoms with Crippen LogP contribution in [-0.2, 0) is 10.0 Å². The van der Waals surface area contributed by atoms with Gasteiger partial charge in [-0.05, 0) is 12.3 Å². The van der Waals surface area contributed by atoms with Crippen molar-refractivity contribution < 1.29 is 13.5 Å². The Labute approximate surface area is 86.1 Å². The number of aliphatic hydroxyl groups excluding tert-OH is 1. The summed E-state index contributed by atoms with van der Waals surface area (Å²) in [5.74, 6) is 0.0866. The second kappa shape index (κ2) is 6.16. The van der Waals surface area contributed by atoms with Crippen LogP contribution < -0.4 is 4.72 Å². The summed E-state index contributed by atoms with van der Waals surface area (Å²) < 4.78 is 25.2. The topological polar surface area (TPSA) is 66.4 Å². The van der Waals surface area contributed by atoms with Crippen molar-refractivity contribution in [1.29, 1.82) is 0 Å². The molecule has 1 unspecified atom stereocenters. The van der Waals surface area contributed by atoms with E-state index < -0.39 is 10.0 Å². The lowest BCUT2D eigenvalue weighted by Gasteiger charge is -2.20. The van der Waals surface area contributed by atoms with E-state index in [9.17, 15) is 8.42 Å². The van der Waals surface area contributed by atoms with Crippen molar-refractivity contribution in [2.45, 2.75) is 26.3 Å². The number of aliphatic hydroxyl groups is 1. The third kappa shape index (κ3) is 5.36. The molecule has 0 heterocycles. The number of nitrogens with one attached hydrogen (secondary N) is 1. The van der Waals surface area contributed by atoms with Gasteiger partial charge in [-0.1, -0.05) is 19.9 Å². The van der Waals surface area contributed by atoms with Crippen molar-refractivity contribution in [3.63, 3.8) is 0 Å². The Morgan fingerprint density at radius 1 is 1.50 bits per heavy atom. The molecule has 0 aliphatic rings. The summed E-state index contributed by atoms with van der Waals surface area (Å²) in [6, 6.07) is -0.204. The lowest BCUT2D eigenvalue weighted by molar-refractivity contribution is 0.256. The molecule has 84 valence electrons. The molecule has 4 nitrogen and oxygen atoms in total. The van der Waals surface area contributed by atoms with E-state index in [1.807, 2.05) is 13.8 Å². The van der Waals surface area contributed by atoms with Gasteiger partial charge in [0.05, 0.1) is 5.75 Å². The van der Waals surface area contributed by atoms with Crippen LogP contribution >= 0.6 is 0 Å². The minimum absolute atomic E-state index is 0.0144. The molecular weight excluding hydrogens is 202 g/mol. The molecule has 0 spiro atoms. The van der Waals surface area contributed by atoms with Crippen LogP contribution in [0.15, 0.2) is 12.7 Å². The summed E-state index contributed by atoms with van der Waals surface area (Å²) >= 11 is 0. The normalized spacial score (nSPS) is 14.3. The second-order valence-electron chi connectivity index (χ2n) is 3.55. The average Bonchev–Trinajstić information content (AvgIpc) is 2.02. The quantitative estimate of drug-likeness (QED) is 0.615. The monoisotopic (exact) mass is 221 g/mol. The zero-order chi connectivity index (χ0) is 11.2. The van der Waals surface area contributed by atoms with Gasteiger partial charge < -0.3 is 5.11 Å². The Balaban J connectivity index is 4.35. The summed E-state index contributed by atoms with van der Waals surface area (Å²) in [7, 11) is -3.28. The van der Waals surface area contributed by atoms with Crippen LogP contribution in [0.3, 0.4) is 0 Å². The van der Waals surface area contributed by atoms with Gasteiger partial charge in [-0.3, -0.25) is 0 Å². The molecule has 0 aliphatic heterocycles. The van der Waals surface area contributed by atoms with Crippen LogP contribution in [0, 0.1) is 5.92 Å². The number of hydrogen-bond donors (Lipinski definition) is 2. The lowest BCUT2D eigenvalue weighted by atomic mass is 10.0. The van der Waals surface area contributed by atoms with Crippen LogP contribution in [0.25, 0.3) is 0 Å². The molecule has 5 heteroatoms. The first-order valence-electron chi connectivity index (χ1n) is 4.64. The van der Waals surface area contributed by atoms with Crippen molar-refractivity contribution in [3.05, 3.63) is 12.7 Å². The first-order chi connectivity index (χ1) is 6.43. The van der Waals surface area contributed by atoms with Gasteiger partial charge in [0, 0.05) is 12.6 Å². The highest BCUT2D eigenvalue weighted by molar-refractivity contribution is 7.89. The number of sulfonamides is 1. The molecule has 0 radical (unpaired) electrons. The largest absolute Gasteiger partial charge is 0.396 e. The molecule has 0 aromatic rings. The van der Waals surface area contributed by atoms with Crippen molar-refractivity contribution in [2.75, 3.05) is 12.4 Å². The summed E-state index contributed by atoms with van der Waals surface area (Å²) in [5.41, 5.74) is 0. The highest BCUT2D eigenvalue weighted by Gasteiger charge is 2.18. The van der Waals surface area contributed by atoms with E-state index in [2.05, 4.69) is 11.3 Å². The molecule has 0 fully saturated rings. The smallest absolute Gasteiger partial charge is 0.215 e. The van der Waals surface area contributed by atoms with E-state index in [0.717, 1.165) is 0 Å². The Kier molecular flexibility index (Phi) is 5.99. The fourth-order valence-corrected chi connectivity index (χ4v) is 2.36. The zero-order valence-corrected chi connectivity index (χ0v) is 9.55. The molecule has 2 N–H and O–H groups in total. The first kappa shape index (κ1) is 13.6. The van der Waals surface area contributed by atoms with Crippen LogP contribution in [0.1, 0.15) is 20.3 Å². The Bertz CT molecular complexity index is 259. The third-order valence-electron chi connectivity index (χ3n) is 1.91. The van der Waals surface area contributed by atoms with Gasteiger partial charge in [-0.25, -0.2) is 13.1 Å². The molecule has 1 atom stereocenters. The Morgan fingerprint density at radius 3 is 2.43 bits per heavy atom. The molecule has 0 aliphatic carbocycles. The minimum Gasteiger partial charge on any atom is -0.396 e. The minimum atomic E-state index is -3.28. The molecule has 0 bridgehead atoms. The number of rotatable bonds is 7. The maximum Gasteiger partial charge on any atom is 0.215 e. The van der Waals surface area contributed by atoms with Crippen LogP contribution in [0.2, 0.25) is 0 Å². The fourth-order valence-electron chi connectivity index (χ4n) is 1.10. The fraction of sp³-hybridized carbons (Fsp3) is 0.778. The van der Waals surface area contributed by atoms with Crippen LogP contribution in [0.5, 0.6) is 0 Å². The summed E-state index contributed by atoms with van der Waals surface area (Å²) in [6.45, 7) is 7.19. The van der Waals surface area contributed by atoms with Gasteiger partial charge in [-0.2, -0.15) is 0 Å². The molecular formula is C9H19NO3S. The Hall–Kier alpha value is -0.390. The Morgan fingerprint density at radius 2 is 2.07 bits per heavy atom. The summed E-state index contributed by atoms with van der Waals surface area (Å²) in [6.07, 6.45) is 1.78. The third-order valence-corrected chi connectivity index (χ3v) is 3.25. The molecule has 0 saturated carbocycles. The SMILES string of the molecule is C=CCS(=O)(=O)NC(CCO)C(C)C. The van der Waals surface area contributed by atoms with E-state index in [1.165, 1.54) is 6.08 Å². The van der Waals surface area contributed by atoms with E-state index in [1.54, 1.807) is 0 Å².